The molecule has 34 heavy (non-hydrogen) atoms. The van der Waals surface area contributed by atoms with Crippen LogP contribution in [-0.2, 0) is 22.4 Å². The summed E-state index contributed by atoms with van der Waals surface area (Å²) in [7, 11) is 0. The van der Waals surface area contributed by atoms with Gasteiger partial charge in [0.1, 0.15) is 4.88 Å². The highest BCUT2D eigenvalue weighted by atomic mass is 32.1. The molecule has 3 amide bonds. The van der Waals surface area contributed by atoms with Crippen molar-refractivity contribution < 1.29 is 14.4 Å². The number of anilines is 2. The molecule has 1 aliphatic heterocycles. The molecule has 1 aliphatic rings. The summed E-state index contributed by atoms with van der Waals surface area (Å²) in [6.07, 6.45) is 5.07. The van der Waals surface area contributed by atoms with Crippen LogP contribution in [0.15, 0.2) is 29.4 Å². The minimum absolute atomic E-state index is 0.184. The van der Waals surface area contributed by atoms with Gasteiger partial charge in [-0.1, -0.05) is 23.5 Å². The zero-order chi connectivity index (χ0) is 24.3. The number of thiazole rings is 1. The summed E-state index contributed by atoms with van der Waals surface area (Å²) in [5.41, 5.74) is 2.72. The van der Waals surface area contributed by atoms with Gasteiger partial charge in [-0.05, 0) is 43.4 Å². The summed E-state index contributed by atoms with van der Waals surface area (Å²) in [6, 6.07) is 7.98. The number of benzene rings is 1. The van der Waals surface area contributed by atoms with Crippen LogP contribution < -0.4 is 21.8 Å². The predicted molar refractivity (Wildman–Crippen MR) is 134 cm³/mol. The number of carbonyl (C=O) groups is 3. The Bertz CT molecular complexity index is 1020. The van der Waals surface area contributed by atoms with Crippen molar-refractivity contribution in [3.8, 4) is 0 Å². The molecule has 0 spiro atoms. The third kappa shape index (κ3) is 7.55. The van der Waals surface area contributed by atoms with E-state index >= 15 is 0 Å². The van der Waals surface area contributed by atoms with Crippen LogP contribution in [0.5, 0.6) is 0 Å². The SMILES string of the molecule is CC(=O)Nc1nc(CCc2ccc(NCC=NN)cc2)c(C(=O)NCCCN2CCCC2=O)s1. The van der Waals surface area contributed by atoms with Gasteiger partial charge in [0.05, 0.1) is 12.2 Å². The first kappa shape index (κ1) is 25.2. The van der Waals surface area contributed by atoms with E-state index in [1.165, 1.54) is 18.3 Å². The van der Waals surface area contributed by atoms with Crippen molar-refractivity contribution in [1.82, 2.24) is 15.2 Å². The second-order valence-corrected chi connectivity index (χ2v) is 8.98. The van der Waals surface area contributed by atoms with Gasteiger partial charge < -0.3 is 26.7 Å². The van der Waals surface area contributed by atoms with Crippen LogP contribution in [0.4, 0.5) is 10.8 Å². The fourth-order valence-corrected chi connectivity index (χ4v) is 4.64. The minimum atomic E-state index is -0.231. The molecule has 0 unspecified atom stereocenters. The Labute approximate surface area is 203 Å². The van der Waals surface area contributed by atoms with Crippen molar-refractivity contribution in [2.24, 2.45) is 10.9 Å². The molecular weight excluding hydrogens is 454 g/mol. The van der Waals surface area contributed by atoms with Crippen molar-refractivity contribution in [3.05, 3.63) is 40.4 Å². The monoisotopic (exact) mass is 485 g/mol. The first-order chi connectivity index (χ1) is 16.5. The molecule has 0 saturated carbocycles. The second-order valence-electron chi connectivity index (χ2n) is 7.98. The van der Waals surface area contributed by atoms with Crippen LogP contribution in [0.2, 0.25) is 0 Å². The van der Waals surface area contributed by atoms with Crippen molar-refractivity contribution in [3.63, 3.8) is 0 Å². The molecule has 2 aromatic rings. The van der Waals surface area contributed by atoms with Crippen molar-refractivity contribution in [2.75, 3.05) is 36.8 Å². The molecule has 2 heterocycles. The number of nitrogens with zero attached hydrogens (tertiary/aromatic N) is 3. The number of hydrazone groups is 1. The molecule has 0 bridgehead atoms. The molecule has 1 aromatic heterocycles. The molecular formula is C23H31N7O3S. The summed E-state index contributed by atoms with van der Waals surface area (Å²) >= 11 is 1.18. The molecule has 3 rings (SSSR count). The number of amides is 3. The standard InChI is InChI=1S/C23H31N7O3S/c1-16(31)28-23-29-19(10-7-17-5-8-18(9-6-17)25-12-13-27-24)21(34-23)22(33)26-11-3-15-30-14-2-4-20(30)32/h5-6,8-9,13,25H,2-4,7,10-12,14-15,24H2,1H3,(H,26,33)(H,28,29,31). The number of carbonyl (C=O) groups excluding carboxylic acids is 3. The lowest BCUT2D eigenvalue weighted by atomic mass is 10.1. The predicted octanol–water partition coefficient (Wildman–Crippen LogP) is 1.99. The number of aromatic nitrogens is 1. The normalized spacial score (nSPS) is 13.4. The number of nitrogens with one attached hydrogen (secondary N) is 3. The lowest BCUT2D eigenvalue weighted by Gasteiger charge is -2.15. The zero-order valence-corrected chi connectivity index (χ0v) is 20.1. The van der Waals surface area contributed by atoms with Gasteiger partial charge in [0.25, 0.3) is 5.91 Å². The molecule has 0 aliphatic carbocycles. The van der Waals surface area contributed by atoms with E-state index in [0.29, 0.717) is 61.0 Å². The van der Waals surface area contributed by atoms with Crippen LogP contribution in [0.25, 0.3) is 0 Å². The Hall–Kier alpha value is -3.47. The van der Waals surface area contributed by atoms with E-state index in [2.05, 4.69) is 26.0 Å². The maximum absolute atomic E-state index is 12.8. The minimum Gasteiger partial charge on any atom is -0.380 e. The Morgan fingerprint density at radius 1 is 1.26 bits per heavy atom. The third-order valence-electron chi connectivity index (χ3n) is 5.36. The first-order valence-corrected chi connectivity index (χ1v) is 12.2. The molecule has 1 aromatic carbocycles. The lowest BCUT2D eigenvalue weighted by molar-refractivity contribution is -0.127. The third-order valence-corrected chi connectivity index (χ3v) is 6.37. The number of nitrogens with two attached hydrogens (primary N) is 1. The van der Waals surface area contributed by atoms with Gasteiger partial charge in [-0.3, -0.25) is 14.4 Å². The highest BCUT2D eigenvalue weighted by Gasteiger charge is 2.21. The molecule has 1 saturated heterocycles. The number of rotatable bonds is 12. The van der Waals surface area contributed by atoms with Crippen molar-refractivity contribution >= 4 is 46.1 Å². The molecule has 0 atom stereocenters. The summed E-state index contributed by atoms with van der Waals surface area (Å²) in [6.45, 7) is 3.88. The van der Waals surface area contributed by atoms with Gasteiger partial charge in [-0.25, -0.2) is 4.98 Å². The van der Waals surface area contributed by atoms with Crippen LogP contribution in [0.1, 0.15) is 47.1 Å². The van der Waals surface area contributed by atoms with Gasteiger partial charge in [0, 0.05) is 44.9 Å². The zero-order valence-electron chi connectivity index (χ0n) is 19.3. The largest absolute Gasteiger partial charge is 0.380 e. The smallest absolute Gasteiger partial charge is 0.263 e. The van der Waals surface area contributed by atoms with E-state index in [1.807, 2.05) is 29.2 Å². The number of hydrogen-bond donors (Lipinski definition) is 4. The van der Waals surface area contributed by atoms with E-state index in [9.17, 15) is 14.4 Å². The summed E-state index contributed by atoms with van der Waals surface area (Å²) in [5.74, 6) is 4.84. The van der Waals surface area contributed by atoms with Gasteiger partial charge in [-0.2, -0.15) is 5.10 Å². The van der Waals surface area contributed by atoms with Gasteiger partial charge in [-0.15, -0.1) is 0 Å². The second kappa shape index (κ2) is 12.7. The van der Waals surface area contributed by atoms with Crippen LogP contribution in [0.3, 0.4) is 0 Å². The Morgan fingerprint density at radius 3 is 2.74 bits per heavy atom. The molecule has 11 heteroatoms. The Kier molecular flexibility index (Phi) is 9.39. The van der Waals surface area contributed by atoms with Crippen LogP contribution in [-0.4, -0.2) is 60.0 Å². The van der Waals surface area contributed by atoms with E-state index < -0.39 is 0 Å². The maximum atomic E-state index is 12.8. The number of likely N-dealkylation sites (tertiary alicyclic amines) is 1. The highest BCUT2D eigenvalue weighted by Crippen LogP contribution is 2.25. The van der Waals surface area contributed by atoms with E-state index in [-0.39, 0.29) is 17.7 Å². The molecule has 1 fully saturated rings. The van der Waals surface area contributed by atoms with E-state index in [4.69, 9.17) is 5.84 Å². The maximum Gasteiger partial charge on any atom is 0.263 e. The summed E-state index contributed by atoms with van der Waals surface area (Å²) in [5, 5.41) is 12.6. The van der Waals surface area contributed by atoms with Gasteiger partial charge >= 0.3 is 0 Å². The van der Waals surface area contributed by atoms with E-state index in [1.54, 1.807) is 6.21 Å². The van der Waals surface area contributed by atoms with Crippen molar-refractivity contribution in [2.45, 2.75) is 39.0 Å². The number of hydrogen-bond acceptors (Lipinski definition) is 8. The summed E-state index contributed by atoms with van der Waals surface area (Å²) < 4.78 is 0. The lowest BCUT2D eigenvalue weighted by Crippen LogP contribution is -2.30. The number of aryl methyl sites for hydroxylation is 2. The fraction of sp³-hybridized carbons (Fsp3) is 0.435. The average Bonchev–Trinajstić information content (AvgIpc) is 3.41. The Balaban J connectivity index is 1.57. The molecule has 10 nitrogen and oxygen atoms in total. The highest BCUT2D eigenvalue weighted by molar-refractivity contribution is 7.17. The van der Waals surface area contributed by atoms with Crippen molar-refractivity contribution in [1.29, 1.82) is 0 Å². The van der Waals surface area contributed by atoms with Crippen LogP contribution in [0, 0.1) is 0 Å². The van der Waals surface area contributed by atoms with Gasteiger partial charge in [0.15, 0.2) is 5.13 Å². The molecule has 0 radical (unpaired) electrons. The molecule has 182 valence electrons. The topological polar surface area (TPSA) is 142 Å². The van der Waals surface area contributed by atoms with Gasteiger partial charge in [0.2, 0.25) is 11.8 Å². The molecule has 5 N–H and O–H groups in total. The first-order valence-electron chi connectivity index (χ1n) is 11.3. The van der Waals surface area contributed by atoms with E-state index in [0.717, 1.165) is 24.2 Å². The average molecular weight is 486 g/mol. The Morgan fingerprint density at radius 2 is 2.06 bits per heavy atom. The fourth-order valence-electron chi connectivity index (χ4n) is 3.66. The summed E-state index contributed by atoms with van der Waals surface area (Å²) in [4.78, 5) is 42.9. The van der Waals surface area contributed by atoms with Crippen LogP contribution >= 0.6 is 11.3 Å². The quantitative estimate of drug-likeness (QED) is 0.157.